The molecule has 2 aromatic heterocycles. The first-order valence-electron chi connectivity index (χ1n) is 8.01. The van der Waals surface area contributed by atoms with Crippen LogP contribution < -0.4 is 16.1 Å². The van der Waals surface area contributed by atoms with Gasteiger partial charge in [0.1, 0.15) is 17.2 Å². The molecule has 0 unspecified atom stereocenters. The SMILES string of the molecule is Cc1c(Cc2ccnc(N)c2)c(=O)oc2cc(OC(=O)N(C)C)ccc12. The zero-order valence-corrected chi connectivity index (χ0v) is 14.8. The molecule has 1 aromatic carbocycles. The van der Waals surface area contributed by atoms with Crippen molar-refractivity contribution in [2.75, 3.05) is 19.8 Å². The van der Waals surface area contributed by atoms with Crippen molar-refractivity contribution in [3.05, 3.63) is 63.6 Å². The van der Waals surface area contributed by atoms with Gasteiger partial charge in [0.05, 0.1) is 0 Å². The predicted molar refractivity (Wildman–Crippen MR) is 98.4 cm³/mol. The van der Waals surface area contributed by atoms with Crippen molar-refractivity contribution in [2.24, 2.45) is 0 Å². The molecule has 0 aliphatic heterocycles. The molecule has 0 fully saturated rings. The molecule has 0 aliphatic rings. The monoisotopic (exact) mass is 353 g/mol. The van der Waals surface area contributed by atoms with Crippen LogP contribution >= 0.6 is 0 Å². The van der Waals surface area contributed by atoms with E-state index in [2.05, 4.69) is 4.98 Å². The minimum atomic E-state index is -0.504. The van der Waals surface area contributed by atoms with Crippen LogP contribution in [0.4, 0.5) is 10.6 Å². The molecule has 3 rings (SSSR count). The van der Waals surface area contributed by atoms with E-state index in [1.807, 2.05) is 13.0 Å². The lowest BCUT2D eigenvalue weighted by Crippen LogP contribution is -2.25. The summed E-state index contributed by atoms with van der Waals surface area (Å²) in [5, 5.41) is 0.784. The Morgan fingerprint density at radius 2 is 2.04 bits per heavy atom. The zero-order chi connectivity index (χ0) is 18.8. The second-order valence-electron chi connectivity index (χ2n) is 6.18. The highest BCUT2D eigenvalue weighted by Crippen LogP contribution is 2.25. The summed E-state index contributed by atoms with van der Waals surface area (Å²) in [6, 6.07) is 8.52. The summed E-state index contributed by atoms with van der Waals surface area (Å²) in [5.74, 6) is 0.714. The van der Waals surface area contributed by atoms with Crippen LogP contribution in [0.5, 0.6) is 5.75 Å². The number of anilines is 1. The number of carbonyl (C=O) groups excluding carboxylic acids is 1. The maximum atomic E-state index is 12.5. The smallest absolute Gasteiger partial charge is 0.414 e. The fraction of sp³-hybridized carbons (Fsp3) is 0.211. The molecule has 7 nitrogen and oxygen atoms in total. The predicted octanol–water partition coefficient (Wildman–Crippen LogP) is 2.73. The molecule has 0 saturated heterocycles. The van der Waals surface area contributed by atoms with E-state index in [9.17, 15) is 9.59 Å². The quantitative estimate of drug-likeness (QED) is 0.727. The molecule has 0 radical (unpaired) electrons. The Balaban J connectivity index is 2.00. The highest BCUT2D eigenvalue weighted by atomic mass is 16.6. The highest BCUT2D eigenvalue weighted by Gasteiger charge is 2.14. The Kier molecular flexibility index (Phi) is 4.62. The molecule has 2 N–H and O–H groups in total. The van der Waals surface area contributed by atoms with E-state index in [1.165, 1.54) is 4.90 Å². The maximum absolute atomic E-state index is 12.5. The average molecular weight is 353 g/mol. The van der Waals surface area contributed by atoms with Gasteiger partial charge >= 0.3 is 11.7 Å². The second-order valence-corrected chi connectivity index (χ2v) is 6.18. The van der Waals surface area contributed by atoms with Gasteiger partial charge in [-0.2, -0.15) is 0 Å². The molecule has 0 aliphatic carbocycles. The number of fused-ring (bicyclic) bond motifs is 1. The van der Waals surface area contributed by atoms with Crippen LogP contribution in [0.1, 0.15) is 16.7 Å². The highest BCUT2D eigenvalue weighted by molar-refractivity contribution is 5.83. The maximum Gasteiger partial charge on any atom is 0.414 e. The molecule has 0 bridgehead atoms. The number of rotatable bonds is 3. The third-order valence-electron chi connectivity index (χ3n) is 4.06. The van der Waals surface area contributed by atoms with Gasteiger partial charge < -0.3 is 19.8 Å². The van der Waals surface area contributed by atoms with Gasteiger partial charge in [-0.1, -0.05) is 0 Å². The summed E-state index contributed by atoms with van der Waals surface area (Å²) in [7, 11) is 3.18. The number of carbonyl (C=O) groups is 1. The number of hydrogen-bond donors (Lipinski definition) is 1. The van der Waals surface area contributed by atoms with Gasteiger partial charge in [0, 0.05) is 43.7 Å². The molecular formula is C19H19N3O4. The van der Waals surface area contributed by atoms with Crippen LogP contribution in [0.3, 0.4) is 0 Å². The van der Waals surface area contributed by atoms with Crippen molar-refractivity contribution in [1.29, 1.82) is 0 Å². The molecule has 134 valence electrons. The minimum absolute atomic E-state index is 0.313. The number of hydrogen-bond acceptors (Lipinski definition) is 6. The normalized spacial score (nSPS) is 10.7. The lowest BCUT2D eigenvalue weighted by molar-refractivity contribution is 0.172. The van der Waals surface area contributed by atoms with Gasteiger partial charge in [-0.25, -0.2) is 14.6 Å². The summed E-state index contributed by atoms with van der Waals surface area (Å²) in [6.45, 7) is 1.87. The van der Waals surface area contributed by atoms with E-state index in [0.29, 0.717) is 29.1 Å². The fourth-order valence-electron chi connectivity index (χ4n) is 2.64. The molecule has 26 heavy (non-hydrogen) atoms. The molecule has 2 heterocycles. The number of nitrogen functional groups attached to an aromatic ring is 1. The Hall–Kier alpha value is -3.35. The molecular weight excluding hydrogens is 334 g/mol. The Morgan fingerprint density at radius 1 is 1.27 bits per heavy atom. The summed E-state index contributed by atoms with van der Waals surface area (Å²) in [6.07, 6.45) is 1.50. The van der Waals surface area contributed by atoms with Gasteiger partial charge in [0.15, 0.2) is 0 Å². The fourth-order valence-corrected chi connectivity index (χ4v) is 2.64. The van der Waals surface area contributed by atoms with Gasteiger partial charge in [-0.05, 0) is 42.3 Å². The minimum Gasteiger partial charge on any atom is -0.422 e. The van der Waals surface area contributed by atoms with Gasteiger partial charge in [0.2, 0.25) is 0 Å². The Morgan fingerprint density at radius 3 is 2.73 bits per heavy atom. The number of amides is 1. The molecule has 0 spiro atoms. The van der Waals surface area contributed by atoms with Gasteiger partial charge in [0.25, 0.3) is 0 Å². The van der Waals surface area contributed by atoms with Crippen molar-refractivity contribution in [1.82, 2.24) is 9.88 Å². The van der Waals surface area contributed by atoms with Crippen molar-refractivity contribution < 1.29 is 13.9 Å². The van der Waals surface area contributed by atoms with Gasteiger partial charge in [-0.3, -0.25) is 0 Å². The van der Waals surface area contributed by atoms with Crippen molar-refractivity contribution in [3.63, 3.8) is 0 Å². The van der Waals surface area contributed by atoms with E-state index in [1.54, 1.807) is 44.6 Å². The summed E-state index contributed by atoms with van der Waals surface area (Å²) < 4.78 is 10.7. The number of nitrogens with zero attached hydrogens (tertiary/aromatic N) is 2. The molecule has 7 heteroatoms. The number of aryl methyl sites for hydroxylation is 1. The molecule has 1 amide bonds. The molecule has 3 aromatic rings. The molecule has 0 atom stereocenters. The van der Waals surface area contributed by atoms with E-state index < -0.39 is 11.7 Å². The third-order valence-corrected chi connectivity index (χ3v) is 4.06. The number of pyridine rings is 1. The number of ether oxygens (including phenoxy) is 1. The number of benzene rings is 1. The Bertz CT molecular complexity index is 1040. The summed E-state index contributed by atoms with van der Waals surface area (Å²) in [4.78, 5) is 29.4. The van der Waals surface area contributed by atoms with E-state index in [-0.39, 0.29) is 0 Å². The van der Waals surface area contributed by atoms with Gasteiger partial charge in [-0.15, -0.1) is 0 Å². The Labute approximate surface area is 150 Å². The van der Waals surface area contributed by atoms with E-state index in [4.69, 9.17) is 14.9 Å². The first-order chi connectivity index (χ1) is 12.3. The zero-order valence-electron chi connectivity index (χ0n) is 14.8. The van der Waals surface area contributed by atoms with Crippen molar-refractivity contribution in [2.45, 2.75) is 13.3 Å². The van der Waals surface area contributed by atoms with Crippen LogP contribution in [0, 0.1) is 6.92 Å². The largest absolute Gasteiger partial charge is 0.422 e. The average Bonchev–Trinajstić information content (AvgIpc) is 2.58. The van der Waals surface area contributed by atoms with E-state index in [0.717, 1.165) is 16.5 Å². The van der Waals surface area contributed by atoms with E-state index >= 15 is 0 Å². The van der Waals surface area contributed by atoms with Crippen molar-refractivity contribution in [3.8, 4) is 5.75 Å². The first kappa shape index (κ1) is 17.5. The van der Waals surface area contributed by atoms with Crippen LogP contribution in [0.2, 0.25) is 0 Å². The van der Waals surface area contributed by atoms with Crippen LogP contribution in [0.15, 0.2) is 45.7 Å². The first-order valence-corrected chi connectivity index (χ1v) is 8.01. The number of nitrogens with two attached hydrogens (primary N) is 1. The summed E-state index contributed by atoms with van der Waals surface area (Å²) in [5.41, 5.74) is 7.89. The lowest BCUT2D eigenvalue weighted by Gasteiger charge is -2.12. The standard InChI is InChI=1S/C19H19N3O4/c1-11-14-5-4-13(25-19(24)22(2)3)10-16(14)26-18(23)15(11)8-12-6-7-21-17(20)9-12/h4-7,9-10H,8H2,1-3H3,(H2,20,21). The van der Waals surface area contributed by atoms with Crippen molar-refractivity contribution >= 4 is 22.9 Å². The third kappa shape index (κ3) is 3.51. The summed E-state index contributed by atoms with van der Waals surface area (Å²) >= 11 is 0. The second kappa shape index (κ2) is 6.87. The molecule has 0 saturated carbocycles. The topological polar surface area (TPSA) is 98.7 Å². The van der Waals surface area contributed by atoms with Crippen LogP contribution in [-0.4, -0.2) is 30.1 Å². The van der Waals surface area contributed by atoms with Crippen LogP contribution in [0.25, 0.3) is 11.0 Å². The lowest BCUT2D eigenvalue weighted by atomic mass is 10.00. The number of aromatic nitrogens is 1. The van der Waals surface area contributed by atoms with Crippen LogP contribution in [-0.2, 0) is 6.42 Å².